The van der Waals surface area contributed by atoms with Gasteiger partial charge in [-0.3, -0.25) is 0 Å². The molecule has 0 saturated heterocycles. The molecule has 0 fully saturated rings. The highest BCUT2D eigenvalue weighted by Gasteiger charge is 2.31. The summed E-state index contributed by atoms with van der Waals surface area (Å²) in [4.78, 5) is -0.531. The van der Waals surface area contributed by atoms with Gasteiger partial charge in [0, 0.05) is 4.48 Å². The molecular weight excluding hydrogens is 307 g/mol. The molecule has 0 heterocycles. The molecule has 1 aliphatic carbocycles. The fraction of sp³-hybridized carbons (Fsp3) is 0.500. The summed E-state index contributed by atoms with van der Waals surface area (Å²) in [6, 6.07) is 0. The largest absolute Gasteiger partial charge is 0.506 e. The number of rotatable bonds is 2. The van der Waals surface area contributed by atoms with Gasteiger partial charge in [-0.15, -0.1) is 0 Å². The second-order valence-corrected chi connectivity index (χ2v) is 4.42. The molecule has 74 valence electrons. The van der Waals surface area contributed by atoms with Crippen LogP contribution in [0.15, 0.2) is 22.1 Å². The van der Waals surface area contributed by atoms with E-state index >= 15 is 0 Å². The summed E-state index contributed by atoms with van der Waals surface area (Å²) in [6.45, 7) is 2.17. The number of hydrogen-bond donors (Lipinski definition) is 1. The van der Waals surface area contributed by atoms with Gasteiger partial charge in [-0.25, -0.2) is 4.39 Å². The minimum atomic E-state index is -1.46. The van der Waals surface area contributed by atoms with Crippen LogP contribution in [-0.2, 0) is 4.74 Å². The third kappa shape index (κ3) is 2.26. The fourth-order valence-electron chi connectivity index (χ4n) is 0.964. The van der Waals surface area contributed by atoms with Crippen LogP contribution in [0, 0.1) is 0 Å². The number of ether oxygens (including phenoxy) is 1. The van der Waals surface area contributed by atoms with Crippen LogP contribution in [0.4, 0.5) is 4.39 Å². The Morgan fingerprint density at radius 2 is 2.31 bits per heavy atom. The lowest BCUT2D eigenvalue weighted by Crippen LogP contribution is -2.23. The number of aliphatic hydroxyl groups is 1. The average Bonchev–Trinajstić information content (AvgIpc) is 2.11. The second kappa shape index (κ2) is 4.46. The van der Waals surface area contributed by atoms with Crippen LogP contribution >= 0.6 is 31.9 Å². The predicted octanol–water partition coefficient (Wildman–Crippen LogP) is 3.19. The van der Waals surface area contributed by atoms with Crippen LogP contribution in [0.5, 0.6) is 0 Å². The van der Waals surface area contributed by atoms with Crippen LogP contribution < -0.4 is 0 Å². The Morgan fingerprint density at radius 1 is 1.69 bits per heavy atom. The minimum absolute atomic E-state index is 0.192. The van der Waals surface area contributed by atoms with Crippen molar-refractivity contribution in [2.45, 2.75) is 17.9 Å². The molecule has 0 saturated carbocycles. The SMILES string of the molecule is CCOC1=C(O)C(F)C(Br)C(Br)=C1. The summed E-state index contributed by atoms with van der Waals surface area (Å²) in [5, 5.41) is 9.34. The quantitative estimate of drug-likeness (QED) is 0.793. The van der Waals surface area contributed by atoms with E-state index in [0.29, 0.717) is 11.1 Å². The van der Waals surface area contributed by atoms with Gasteiger partial charge in [-0.05, 0) is 13.0 Å². The summed E-state index contributed by atoms with van der Waals surface area (Å²) in [7, 11) is 0. The molecule has 13 heavy (non-hydrogen) atoms. The van der Waals surface area contributed by atoms with Crippen LogP contribution in [0.1, 0.15) is 6.92 Å². The molecule has 0 radical (unpaired) electrons. The lowest BCUT2D eigenvalue weighted by molar-refractivity contribution is 0.183. The van der Waals surface area contributed by atoms with Crippen molar-refractivity contribution in [2.24, 2.45) is 0 Å². The number of alkyl halides is 2. The van der Waals surface area contributed by atoms with Gasteiger partial charge in [0.25, 0.3) is 0 Å². The first-order valence-electron chi connectivity index (χ1n) is 3.79. The zero-order valence-corrected chi connectivity index (χ0v) is 10.1. The zero-order valence-electron chi connectivity index (χ0n) is 6.93. The standard InChI is InChI=1S/C8H9Br2FO2/c1-2-13-5-3-4(9)6(10)7(11)8(5)12/h3,6-7,12H,2H2,1H3. The Balaban J connectivity index is 2.93. The molecule has 0 spiro atoms. The Kier molecular flexibility index (Phi) is 3.79. The average molecular weight is 316 g/mol. The number of halogens is 3. The fourth-order valence-corrected chi connectivity index (χ4v) is 1.79. The lowest BCUT2D eigenvalue weighted by atomic mass is 10.1. The van der Waals surface area contributed by atoms with E-state index in [-0.39, 0.29) is 11.5 Å². The highest BCUT2D eigenvalue weighted by atomic mass is 79.9. The van der Waals surface area contributed by atoms with Crippen molar-refractivity contribution in [3.8, 4) is 0 Å². The molecule has 1 N–H and O–H groups in total. The highest BCUT2D eigenvalue weighted by molar-refractivity contribution is 9.14. The molecule has 2 unspecified atom stereocenters. The third-order valence-corrected chi connectivity index (χ3v) is 3.90. The van der Waals surface area contributed by atoms with Crippen molar-refractivity contribution in [3.05, 3.63) is 22.1 Å². The van der Waals surface area contributed by atoms with Gasteiger partial charge in [0.15, 0.2) is 17.7 Å². The van der Waals surface area contributed by atoms with Gasteiger partial charge in [0.05, 0.1) is 11.4 Å². The number of hydrogen-bond acceptors (Lipinski definition) is 2. The van der Waals surface area contributed by atoms with Gasteiger partial charge in [-0.1, -0.05) is 31.9 Å². The molecule has 0 aliphatic heterocycles. The summed E-state index contributed by atoms with van der Waals surface area (Å²) >= 11 is 6.28. The van der Waals surface area contributed by atoms with Crippen LogP contribution in [0.3, 0.4) is 0 Å². The topological polar surface area (TPSA) is 29.5 Å². The Labute approximate surface area is 92.7 Å². The Morgan fingerprint density at radius 3 is 2.85 bits per heavy atom. The lowest BCUT2D eigenvalue weighted by Gasteiger charge is -2.21. The van der Waals surface area contributed by atoms with E-state index < -0.39 is 11.0 Å². The normalized spacial score (nSPS) is 28.8. The smallest absolute Gasteiger partial charge is 0.177 e. The molecule has 0 aromatic rings. The first-order chi connectivity index (χ1) is 6.07. The number of allylic oxidation sites excluding steroid dienone is 3. The van der Waals surface area contributed by atoms with Crippen LogP contribution in [0.25, 0.3) is 0 Å². The number of aliphatic hydroxyl groups excluding tert-OH is 1. The van der Waals surface area contributed by atoms with Crippen molar-refractivity contribution < 1.29 is 14.2 Å². The van der Waals surface area contributed by atoms with Crippen molar-refractivity contribution in [1.82, 2.24) is 0 Å². The molecule has 1 aliphatic rings. The molecule has 5 heteroatoms. The van der Waals surface area contributed by atoms with Crippen molar-refractivity contribution >= 4 is 31.9 Å². The maximum Gasteiger partial charge on any atom is 0.177 e. The van der Waals surface area contributed by atoms with E-state index in [1.54, 1.807) is 13.0 Å². The second-order valence-electron chi connectivity index (χ2n) is 2.52. The van der Waals surface area contributed by atoms with Crippen molar-refractivity contribution in [3.63, 3.8) is 0 Å². The van der Waals surface area contributed by atoms with E-state index in [1.165, 1.54) is 0 Å². The molecule has 0 bridgehead atoms. The maximum absolute atomic E-state index is 13.3. The summed E-state index contributed by atoms with van der Waals surface area (Å²) in [6.07, 6.45) is 0.106. The predicted molar refractivity (Wildman–Crippen MR) is 55.9 cm³/mol. The van der Waals surface area contributed by atoms with E-state index in [1.807, 2.05) is 0 Å². The van der Waals surface area contributed by atoms with E-state index in [4.69, 9.17) is 4.74 Å². The van der Waals surface area contributed by atoms with Gasteiger partial charge < -0.3 is 9.84 Å². The van der Waals surface area contributed by atoms with Gasteiger partial charge >= 0.3 is 0 Å². The molecular formula is C8H9Br2FO2. The van der Waals surface area contributed by atoms with E-state index in [2.05, 4.69) is 31.9 Å². The molecule has 0 aromatic carbocycles. The highest BCUT2D eigenvalue weighted by Crippen LogP contribution is 2.34. The van der Waals surface area contributed by atoms with Crippen LogP contribution in [0.2, 0.25) is 0 Å². The maximum atomic E-state index is 13.3. The van der Waals surface area contributed by atoms with Crippen molar-refractivity contribution in [1.29, 1.82) is 0 Å². The Hall–Kier alpha value is -0.0300. The monoisotopic (exact) mass is 314 g/mol. The van der Waals surface area contributed by atoms with Gasteiger partial charge in [-0.2, -0.15) is 0 Å². The summed E-state index contributed by atoms with van der Waals surface area (Å²) < 4.78 is 19.0. The van der Waals surface area contributed by atoms with E-state index in [0.717, 1.165) is 0 Å². The zero-order chi connectivity index (χ0) is 10.0. The summed E-state index contributed by atoms with van der Waals surface area (Å²) in [5.41, 5.74) is 0. The van der Waals surface area contributed by atoms with E-state index in [9.17, 15) is 9.50 Å². The van der Waals surface area contributed by atoms with Crippen molar-refractivity contribution in [2.75, 3.05) is 6.61 Å². The third-order valence-electron chi connectivity index (χ3n) is 1.60. The Bertz CT molecular complexity index is 263. The molecule has 2 nitrogen and oxygen atoms in total. The van der Waals surface area contributed by atoms with Gasteiger partial charge in [0.1, 0.15) is 0 Å². The minimum Gasteiger partial charge on any atom is -0.506 e. The van der Waals surface area contributed by atoms with Crippen LogP contribution in [-0.4, -0.2) is 22.7 Å². The molecule has 2 atom stereocenters. The first-order valence-corrected chi connectivity index (χ1v) is 5.50. The first kappa shape index (κ1) is 11.0. The molecule has 0 amide bonds. The van der Waals surface area contributed by atoms with Gasteiger partial charge in [0.2, 0.25) is 0 Å². The summed E-state index contributed by atoms with van der Waals surface area (Å²) in [5.74, 6) is -0.162. The molecule has 0 aromatic heterocycles. The molecule has 1 rings (SSSR count).